The zero-order valence-corrected chi connectivity index (χ0v) is 11.1. The highest BCUT2D eigenvalue weighted by Crippen LogP contribution is 2.31. The molecular formula is C15H23NO2. The van der Waals surface area contributed by atoms with Gasteiger partial charge in [0.2, 0.25) is 0 Å². The van der Waals surface area contributed by atoms with E-state index in [1.165, 1.54) is 24.0 Å². The van der Waals surface area contributed by atoms with E-state index in [0.29, 0.717) is 19.3 Å². The van der Waals surface area contributed by atoms with Crippen LogP contribution in [-0.4, -0.2) is 42.9 Å². The minimum absolute atomic E-state index is 0.112. The van der Waals surface area contributed by atoms with E-state index in [1.807, 2.05) is 0 Å². The summed E-state index contributed by atoms with van der Waals surface area (Å²) in [5.74, 6) is 0. The van der Waals surface area contributed by atoms with Crippen molar-refractivity contribution in [3.05, 3.63) is 35.4 Å². The van der Waals surface area contributed by atoms with Crippen LogP contribution in [-0.2, 0) is 4.74 Å². The van der Waals surface area contributed by atoms with Gasteiger partial charge in [-0.2, -0.15) is 0 Å². The van der Waals surface area contributed by atoms with Gasteiger partial charge in [0.15, 0.2) is 0 Å². The van der Waals surface area contributed by atoms with Gasteiger partial charge in [0.25, 0.3) is 0 Å². The lowest BCUT2D eigenvalue weighted by atomic mass is 10.0. The third-order valence-electron chi connectivity index (χ3n) is 3.55. The predicted molar refractivity (Wildman–Crippen MR) is 72.6 cm³/mol. The number of ether oxygens (including phenoxy) is 1. The van der Waals surface area contributed by atoms with Crippen molar-refractivity contribution in [3.8, 4) is 0 Å². The van der Waals surface area contributed by atoms with Crippen molar-refractivity contribution in [2.24, 2.45) is 0 Å². The van der Waals surface area contributed by atoms with Crippen molar-refractivity contribution in [1.29, 1.82) is 0 Å². The van der Waals surface area contributed by atoms with Crippen LogP contribution < -0.4 is 0 Å². The molecule has 1 atom stereocenters. The summed E-state index contributed by atoms with van der Waals surface area (Å²) in [6, 6.07) is 9.35. The van der Waals surface area contributed by atoms with E-state index >= 15 is 0 Å². The Morgan fingerprint density at radius 1 is 1.39 bits per heavy atom. The standard InChI is InChI=1S/C15H23NO2/c1-13-4-2-5-14(12-13)15-6-3-7-16(15)8-10-18-11-9-17/h2,4-5,12,15,17H,3,6-11H2,1H3/t15-/m0/s1. The van der Waals surface area contributed by atoms with Gasteiger partial charge in [0.05, 0.1) is 19.8 Å². The monoisotopic (exact) mass is 249 g/mol. The van der Waals surface area contributed by atoms with Gasteiger partial charge in [-0.05, 0) is 31.9 Å². The second kappa shape index (κ2) is 6.88. The number of aryl methyl sites for hydroxylation is 1. The van der Waals surface area contributed by atoms with E-state index in [1.54, 1.807) is 0 Å². The normalized spacial score (nSPS) is 20.4. The van der Waals surface area contributed by atoms with E-state index in [2.05, 4.69) is 36.1 Å². The molecule has 3 nitrogen and oxygen atoms in total. The van der Waals surface area contributed by atoms with Gasteiger partial charge in [-0.1, -0.05) is 29.8 Å². The average molecular weight is 249 g/mol. The molecule has 100 valence electrons. The lowest BCUT2D eigenvalue weighted by molar-refractivity contribution is 0.0709. The average Bonchev–Trinajstić information content (AvgIpc) is 2.83. The van der Waals surface area contributed by atoms with Crippen LogP contribution in [0.15, 0.2) is 24.3 Å². The van der Waals surface area contributed by atoms with Crippen LogP contribution in [0.1, 0.15) is 30.0 Å². The second-order valence-electron chi connectivity index (χ2n) is 4.94. The van der Waals surface area contributed by atoms with Crippen molar-refractivity contribution >= 4 is 0 Å². The molecule has 0 amide bonds. The molecule has 0 radical (unpaired) electrons. The van der Waals surface area contributed by atoms with Crippen LogP contribution in [0, 0.1) is 6.92 Å². The summed E-state index contributed by atoms with van der Waals surface area (Å²) in [7, 11) is 0. The van der Waals surface area contributed by atoms with Crippen LogP contribution in [0.5, 0.6) is 0 Å². The van der Waals surface area contributed by atoms with E-state index in [4.69, 9.17) is 9.84 Å². The van der Waals surface area contributed by atoms with Crippen LogP contribution in [0.4, 0.5) is 0 Å². The molecule has 1 aliphatic heterocycles. The molecule has 1 aliphatic rings. The molecule has 0 bridgehead atoms. The van der Waals surface area contributed by atoms with Crippen LogP contribution in [0.2, 0.25) is 0 Å². The van der Waals surface area contributed by atoms with E-state index in [0.717, 1.165) is 13.1 Å². The summed E-state index contributed by atoms with van der Waals surface area (Å²) in [5.41, 5.74) is 2.76. The summed E-state index contributed by atoms with van der Waals surface area (Å²) < 4.78 is 5.36. The van der Waals surface area contributed by atoms with Gasteiger partial charge >= 0.3 is 0 Å². The number of hydrogen-bond acceptors (Lipinski definition) is 3. The number of aliphatic hydroxyl groups excluding tert-OH is 1. The SMILES string of the molecule is Cc1cccc([C@@H]2CCCN2CCOCCO)c1. The maximum Gasteiger partial charge on any atom is 0.0698 e. The Morgan fingerprint density at radius 3 is 3.06 bits per heavy atom. The van der Waals surface area contributed by atoms with Gasteiger partial charge < -0.3 is 9.84 Å². The van der Waals surface area contributed by atoms with Crippen molar-refractivity contribution in [2.75, 3.05) is 32.9 Å². The fourth-order valence-corrected chi connectivity index (χ4v) is 2.70. The van der Waals surface area contributed by atoms with Gasteiger partial charge in [-0.3, -0.25) is 4.90 Å². The van der Waals surface area contributed by atoms with Gasteiger partial charge in [-0.15, -0.1) is 0 Å². The van der Waals surface area contributed by atoms with Gasteiger partial charge in [0, 0.05) is 12.6 Å². The van der Waals surface area contributed by atoms with E-state index in [-0.39, 0.29) is 6.61 Å². The molecule has 1 aromatic carbocycles. The third kappa shape index (κ3) is 3.55. The van der Waals surface area contributed by atoms with Gasteiger partial charge in [0.1, 0.15) is 0 Å². The first-order chi connectivity index (χ1) is 8.81. The molecule has 0 spiro atoms. The molecule has 1 fully saturated rings. The largest absolute Gasteiger partial charge is 0.394 e. The maximum absolute atomic E-state index is 8.68. The minimum atomic E-state index is 0.112. The highest BCUT2D eigenvalue weighted by atomic mass is 16.5. The number of nitrogens with zero attached hydrogens (tertiary/aromatic N) is 1. The summed E-state index contributed by atoms with van der Waals surface area (Å²) in [6.07, 6.45) is 2.50. The first-order valence-corrected chi connectivity index (χ1v) is 6.80. The summed E-state index contributed by atoms with van der Waals surface area (Å²) >= 11 is 0. The molecule has 3 heteroatoms. The Morgan fingerprint density at radius 2 is 2.28 bits per heavy atom. The topological polar surface area (TPSA) is 32.7 Å². The minimum Gasteiger partial charge on any atom is -0.394 e. The fraction of sp³-hybridized carbons (Fsp3) is 0.600. The molecule has 1 aromatic rings. The second-order valence-corrected chi connectivity index (χ2v) is 4.94. The number of rotatable bonds is 6. The molecule has 18 heavy (non-hydrogen) atoms. The predicted octanol–water partition coefficient (Wildman–Crippen LogP) is 2.14. The third-order valence-corrected chi connectivity index (χ3v) is 3.55. The molecule has 0 aliphatic carbocycles. The maximum atomic E-state index is 8.68. The number of hydrogen-bond donors (Lipinski definition) is 1. The van der Waals surface area contributed by atoms with Crippen molar-refractivity contribution in [2.45, 2.75) is 25.8 Å². The Bertz CT molecular complexity index is 367. The van der Waals surface area contributed by atoms with Crippen molar-refractivity contribution in [3.63, 3.8) is 0 Å². The van der Waals surface area contributed by atoms with Crippen LogP contribution in [0.3, 0.4) is 0 Å². The summed E-state index contributed by atoms with van der Waals surface area (Å²) in [6.45, 7) is 5.53. The molecular weight excluding hydrogens is 226 g/mol. The van der Waals surface area contributed by atoms with Gasteiger partial charge in [-0.25, -0.2) is 0 Å². The zero-order valence-electron chi connectivity index (χ0n) is 11.1. The Hall–Kier alpha value is -0.900. The van der Waals surface area contributed by atoms with Crippen LogP contribution >= 0.6 is 0 Å². The molecule has 1 saturated heterocycles. The van der Waals surface area contributed by atoms with Crippen LogP contribution in [0.25, 0.3) is 0 Å². The highest BCUT2D eigenvalue weighted by Gasteiger charge is 2.25. The van der Waals surface area contributed by atoms with Crippen molar-refractivity contribution < 1.29 is 9.84 Å². The first kappa shape index (κ1) is 13.5. The molecule has 0 aromatic heterocycles. The smallest absolute Gasteiger partial charge is 0.0698 e. The highest BCUT2D eigenvalue weighted by molar-refractivity contribution is 5.25. The Kier molecular flexibility index (Phi) is 5.17. The van der Waals surface area contributed by atoms with E-state index in [9.17, 15) is 0 Å². The lowest BCUT2D eigenvalue weighted by Gasteiger charge is -2.25. The summed E-state index contributed by atoms with van der Waals surface area (Å²) in [5, 5.41) is 8.68. The molecule has 1 N–H and O–H groups in total. The lowest BCUT2D eigenvalue weighted by Crippen LogP contribution is -2.27. The molecule has 1 heterocycles. The Balaban J connectivity index is 1.91. The molecule has 0 unspecified atom stereocenters. The Labute approximate surface area is 109 Å². The van der Waals surface area contributed by atoms with E-state index < -0.39 is 0 Å². The summed E-state index contributed by atoms with van der Waals surface area (Å²) in [4.78, 5) is 2.49. The van der Waals surface area contributed by atoms with Crippen molar-refractivity contribution in [1.82, 2.24) is 4.90 Å². The number of benzene rings is 1. The zero-order chi connectivity index (χ0) is 12.8. The first-order valence-electron chi connectivity index (χ1n) is 6.80. The number of aliphatic hydroxyl groups is 1. The quantitative estimate of drug-likeness (QED) is 0.784. The fourth-order valence-electron chi connectivity index (χ4n) is 2.70. The molecule has 2 rings (SSSR count). The number of likely N-dealkylation sites (tertiary alicyclic amines) is 1. The molecule has 0 saturated carbocycles.